The minimum atomic E-state index is -0.448. The molecule has 3 rings (SSSR count). The standard InChI is InChI=1S/C18H21BrFNO2/c1-17(2,3)23-16(22)21-10-18(11-21)8-13(9-18)15(19)12-4-6-14(20)7-5-12/h4-7H,8-11H2,1-3H3. The molecule has 124 valence electrons. The van der Waals surface area contributed by atoms with Crippen molar-refractivity contribution in [3.05, 3.63) is 41.2 Å². The van der Waals surface area contributed by atoms with Crippen LogP contribution >= 0.6 is 15.9 Å². The number of carbonyl (C=O) groups excluding carboxylic acids is 1. The van der Waals surface area contributed by atoms with Gasteiger partial charge in [0.15, 0.2) is 0 Å². The highest BCUT2D eigenvalue weighted by Gasteiger charge is 2.52. The lowest BCUT2D eigenvalue weighted by atomic mass is 9.60. The zero-order valence-corrected chi connectivity index (χ0v) is 15.2. The number of hydrogen-bond acceptors (Lipinski definition) is 2. The van der Waals surface area contributed by atoms with Crippen LogP contribution in [0, 0.1) is 11.2 Å². The van der Waals surface area contributed by atoms with E-state index in [0.717, 1.165) is 36.0 Å². The second-order valence-corrected chi connectivity index (χ2v) is 8.41. The molecule has 0 N–H and O–H groups in total. The van der Waals surface area contributed by atoms with Gasteiger partial charge in [-0.15, -0.1) is 0 Å². The topological polar surface area (TPSA) is 29.5 Å². The Hall–Kier alpha value is -1.36. The molecule has 5 heteroatoms. The number of allylic oxidation sites excluding steroid dienone is 1. The molecule has 2 fully saturated rings. The number of ether oxygens (including phenoxy) is 1. The highest BCUT2D eigenvalue weighted by molar-refractivity contribution is 9.15. The zero-order valence-electron chi connectivity index (χ0n) is 13.7. The average molecular weight is 382 g/mol. The molecule has 1 amide bonds. The number of rotatable bonds is 1. The van der Waals surface area contributed by atoms with E-state index in [1.54, 1.807) is 17.0 Å². The maximum absolute atomic E-state index is 13.0. The van der Waals surface area contributed by atoms with Crippen LogP contribution in [0.15, 0.2) is 29.8 Å². The molecule has 0 bridgehead atoms. The maximum Gasteiger partial charge on any atom is 0.410 e. The van der Waals surface area contributed by atoms with E-state index in [4.69, 9.17) is 4.74 Å². The monoisotopic (exact) mass is 381 g/mol. The Kier molecular flexibility index (Phi) is 4.03. The number of hydrogen-bond donors (Lipinski definition) is 0. The molecular weight excluding hydrogens is 361 g/mol. The molecule has 23 heavy (non-hydrogen) atoms. The number of halogens is 2. The summed E-state index contributed by atoms with van der Waals surface area (Å²) in [5.41, 5.74) is 2.10. The van der Waals surface area contributed by atoms with Gasteiger partial charge in [-0.1, -0.05) is 33.6 Å². The van der Waals surface area contributed by atoms with Crippen LogP contribution in [0.4, 0.5) is 9.18 Å². The Morgan fingerprint density at radius 2 is 1.78 bits per heavy atom. The van der Waals surface area contributed by atoms with Crippen LogP contribution in [0.3, 0.4) is 0 Å². The normalized spacial score (nSPS) is 19.2. The quantitative estimate of drug-likeness (QED) is 0.687. The van der Waals surface area contributed by atoms with E-state index >= 15 is 0 Å². The first-order valence-electron chi connectivity index (χ1n) is 7.79. The van der Waals surface area contributed by atoms with E-state index in [0.29, 0.717) is 0 Å². The molecule has 1 aliphatic heterocycles. The first-order chi connectivity index (χ1) is 10.7. The van der Waals surface area contributed by atoms with Crippen LogP contribution in [0.5, 0.6) is 0 Å². The van der Waals surface area contributed by atoms with Gasteiger partial charge in [0.2, 0.25) is 0 Å². The van der Waals surface area contributed by atoms with Gasteiger partial charge in [-0.3, -0.25) is 0 Å². The van der Waals surface area contributed by atoms with Crippen molar-refractivity contribution in [2.75, 3.05) is 13.1 Å². The van der Waals surface area contributed by atoms with Crippen LogP contribution in [-0.2, 0) is 4.74 Å². The summed E-state index contributed by atoms with van der Waals surface area (Å²) in [6.07, 6.45) is 1.73. The molecule has 0 radical (unpaired) electrons. The Balaban J connectivity index is 1.57. The van der Waals surface area contributed by atoms with E-state index in [2.05, 4.69) is 15.9 Å². The van der Waals surface area contributed by atoms with Gasteiger partial charge in [0.1, 0.15) is 11.4 Å². The Bertz CT molecular complexity index is 645. The minimum Gasteiger partial charge on any atom is -0.444 e. The van der Waals surface area contributed by atoms with E-state index < -0.39 is 5.60 Å². The van der Waals surface area contributed by atoms with Gasteiger partial charge in [0.05, 0.1) is 0 Å². The molecule has 1 aliphatic carbocycles. The van der Waals surface area contributed by atoms with Crippen molar-refractivity contribution in [3.8, 4) is 0 Å². The average Bonchev–Trinajstić information content (AvgIpc) is 2.33. The highest BCUT2D eigenvalue weighted by Crippen LogP contribution is 2.54. The van der Waals surface area contributed by atoms with Crippen molar-refractivity contribution < 1.29 is 13.9 Å². The number of benzene rings is 1. The third kappa shape index (κ3) is 3.44. The van der Waals surface area contributed by atoms with Gasteiger partial charge < -0.3 is 9.64 Å². The summed E-state index contributed by atoms with van der Waals surface area (Å²) in [4.78, 5) is 13.8. The van der Waals surface area contributed by atoms with Crippen LogP contribution in [0.25, 0.3) is 4.48 Å². The number of amides is 1. The molecule has 3 nitrogen and oxygen atoms in total. The molecule has 1 spiro atoms. The predicted octanol–water partition coefficient (Wildman–Crippen LogP) is 4.96. The lowest BCUT2D eigenvalue weighted by molar-refractivity contribution is -0.0499. The Morgan fingerprint density at radius 3 is 2.30 bits per heavy atom. The zero-order chi connectivity index (χ0) is 16.8. The van der Waals surface area contributed by atoms with Gasteiger partial charge in [0, 0.05) is 23.0 Å². The van der Waals surface area contributed by atoms with Crippen molar-refractivity contribution >= 4 is 26.5 Å². The lowest BCUT2D eigenvalue weighted by Gasteiger charge is -2.56. The summed E-state index contributed by atoms with van der Waals surface area (Å²) in [5.74, 6) is -0.226. The van der Waals surface area contributed by atoms with Crippen molar-refractivity contribution in [3.63, 3.8) is 0 Å². The molecule has 1 saturated carbocycles. The molecule has 0 aromatic heterocycles. The maximum atomic E-state index is 13.0. The van der Waals surface area contributed by atoms with E-state index in [-0.39, 0.29) is 17.3 Å². The van der Waals surface area contributed by atoms with Crippen molar-refractivity contribution in [2.45, 2.75) is 39.2 Å². The SMILES string of the molecule is CC(C)(C)OC(=O)N1CC2(CC(=C(Br)c3ccc(F)cc3)C2)C1. The van der Waals surface area contributed by atoms with Gasteiger partial charge >= 0.3 is 6.09 Å². The van der Waals surface area contributed by atoms with Gasteiger partial charge in [-0.05, 0) is 51.3 Å². The Morgan fingerprint density at radius 1 is 1.22 bits per heavy atom. The molecule has 1 aromatic carbocycles. The number of nitrogens with zero attached hydrogens (tertiary/aromatic N) is 1. The predicted molar refractivity (Wildman–Crippen MR) is 91.7 cm³/mol. The van der Waals surface area contributed by atoms with Crippen LogP contribution in [-0.4, -0.2) is 29.7 Å². The second kappa shape index (κ2) is 5.62. The highest BCUT2D eigenvalue weighted by atomic mass is 79.9. The fourth-order valence-corrected chi connectivity index (χ4v) is 3.80. The summed E-state index contributed by atoms with van der Waals surface area (Å²) in [6.45, 7) is 7.16. The molecule has 2 aliphatic rings. The first kappa shape index (κ1) is 16.5. The fraction of sp³-hybridized carbons (Fsp3) is 0.500. The summed E-state index contributed by atoms with van der Waals surface area (Å²) in [5, 5.41) is 0. The smallest absolute Gasteiger partial charge is 0.410 e. The van der Waals surface area contributed by atoms with Crippen molar-refractivity contribution in [1.82, 2.24) is 4.90 Å². The van der Waals surface area contributed by atoms with Crippen molar-refractivity contribution in [2.24, 2.45) is 5.41 Å². The first-order valence-corrected chi connectivity index (χ1v) is 8.58. The molecular formula is C18H21BrFNO2. The molecule has 0 unspecified atom stereocenters. The second-order valence-electron chi connectivity index (χ2n) is 7.61. The van der Waals surface area contributed by atoms with E-state index in [1.807, 2.05) is 20.8 Å². The summed E-state index contributed by atoms with van der Waals surface area (Å²) >= 11 is 3.63. The summed E-state index contributed by atoms with van der Waals surface area (Å²) in [6, 6.07) is 6.51. The van der Waals surface area contributed by atoms with Crippen LogP contribution in [0.2, 0.25) is 0 Å². The van der Waals surface area contributed by atoms with Crippen LogP contribution in [0.1, 0.15) is 39.2 Å². The van der Waals surface area contributed by atoms with Gasteiger partial charge in [-0.25, -0.2) is 9.18 Å². The van der Waals surface area contributed by atoms with Gasteiger partial charge in [-0.2, -0.15) is 0 Å². The molecule has 0 atom stereocenters. The summed E-state index contributed by atoms with van der Waals surface area (Å²) < 4.78 is 19.4. The van der Waals surface area contributed by atoms with E-state index in [9.17, 15) is 9.18 Å². The molecule has 1 saturated heterocycles. The minimum absolute atomic E-state index is 0.214. The molecule has 1 heterocycles. The number of carbonyl (C=O) groups is 1. The fourth-order valence-electron chi connectivity index (χ4n) is 3.25. The largest absolute Gasteiger partial charge is 0.444 e. The molecule has 1 aromatic rings. The lowest BCUT2D eigenvalue weighted by Crippen LogP contribution is -2.62. The summed E-state index contributed by atoms with van der Waals surface area (Å²) in [7, 11) is 0. The Labute approximate surface area is 144 Å². The third-order valence-corrected chi connectivity index (χ3v) is 5.31. The number of likely N-dealkylation sites (tertiary alicyclic amines) is 1. The van der Waals surface area contributed by atoms with Crippen LogP contribution < -0.4 is 0 Å². The van der Waals surface area contributed by atoms with Crippen molar-refractivity contribution in [1.29, 1.82) is 0 Å². The van der Waals surface area contributed by atoms with Gasteiger partial charge in [0.25, 0.3) is 0 Å². The van der Waals surface area contributed by atoms with E-state index in [1.165, 1.54) is 17.7 Å². The third-order valence-electron chi connectivity index (χ3n) is 4.29.